The number of anilines is 1. The molecule has 0 N–H and O–H groups in total. The van der Waals surface area contributed by atoms with Gasteiger partial charge >= 0.3 is 0 Å². The second-order valence-corrected chi connectivity index (χ2v) is 4.25. The van der Waals surface area contributed by atoms with Crippen molar-refractivity contribution < 1.29 is 0 Å². The van der Waals surface area contributed by atoms with E-state index in [0.29, 0.717) is 11.1 Å². The monoisotopic (exact) mass is 246 g/mol. The van der Waals surface area contributed by atoms with Crippen LogP contribution >= 0.6 is 0 Å². The van der Waals surface area contributed by atoms with E-state index in [9.17, 15) is 15.8 Å². The summed E-state index contributed by atoms with van der Waals surface area (Å²) in [6.45, 7) is 0. The number of benzene rings is 2. The van der Waals surface area contributed by atoms with E-state index < -0.39 is 0 Å². The molecule has 2 rings (SSSR count). The average Bonchev–Trinajstić information content (AvgIpc) is 2.43. The summed E-state index contributed by atoms with van der Waals surface area (Å²) in [6.07, 6.45) is 0. The van der Waals surface area contributed by atoms with E-state index >= 15 is 0 Å². The first-order valence-electron chi connectivity index (χ1n) is 5.62. The van der Waals surface area contributed by atoms with Crippen LogP contribution in [-0.4, -0.2) is 14.1 Å². The third kappa shape index (κ3) is 1.75. The van der Waals surface area contributed by atoms with Crippen LogP contribution in [0.5, 0.6) is 0 Å². The average molecular weight is 246 g/mol. The number of hydrogen-bond donors (Lipinski definition) is 0. The molecule has 2 aromatic rings. The van der Waals surface area contributed by atoms with Crippen molar-refractivity contribution in [3.8, 4) is 18.2 Å². The van der Waals surface area contributed by atoms with Crippen LogP contribution in [0.3, 0.4) is 0 Å². The molecule has 0 saturated heterocycles. The lowest BCUT2D eigenvalue weighted by Gasteiger charge is -2.19. The minimum Gasteiger partial charge on any atom is -0.376 e. The first-order chi connectivity index (χ1) is 9.15. The second kappa shape index (κ2) is 4.69. The van der Waals surface area contributed by atoms with E-state index in [0.717, 1.165) is 5.39 Å². The molecule has 90 valence electrons. The van der Waals surface area contributed by atoms with Crippen molar-refractivity contribution in [3.63, 3.8) is 0 Å². The summed E-state index contributed by atoms with van der Waals surface area (Å²) in [6, 6.07) is 13.4. The summed E-state index contributed by atoms with van der Waals surface area (Å²) >= 11 is 0. The van der Waals surface area contributed by atoms with Gasteiger partial charge in [-0.25, -0.2) is 0 Å². The number of rotatable bonds is 1. The van der Waals surface area contributed by atoms with Crippen molar-refractivity contribution in [1.29, 1.82) is 15.8 Å². The fraction of sp³-hybridized carbons (Fsp3) is 0.133. The lowest BCUT2D eigenvalue weighted by atomic mass is 9.93. The molecule has 0 aromatic heterocycles. The van der Waals surface area contributed by atoms with E-state index in [1.807, 2.05) is 50.5 Å². The highest BCUT2D eigenvalue weighted by molar-refractivity contribution is 6.02. The molecule has 0 bridgehead atoms. The van der Waals surface area contributed by atoms with Crippen molar-refractivity contribution in [2.24, 2.45) is 0 Å². The Morgan fingerprint density at radius 3 is 1.79 bits per heavy atom. The quantitative estimate of drug-likeness (QED) is 0.774. The van der Waals surface area contributed by atoms with Crippen molar-refractivity contribution in [3.05, 3.63) is 41.0 Å². The molecule has 0 spiro atoms. The van der Waals surface area contributed by atoms with E-state index in [4.69, 9.17) is 0 Å². The van der Waals surface area contributed by atoms with Gasteiger partial charge in [0.05, 0.1) is 22.4 Å². The second-order valence-electron chi connectivity index (χ2n) is 4.25. The maximum absolute atomic E-state index is 9.32. The van der Waals surface area contributed by atoms with Crippen LogP contribution in [0.15, 0.2) is 24.3 Å². The smallest absolute Gasteiger partial charge is 0.103 e. The third-order valence-corrected chi connectivity index (χ3v) is 2.97. The van der Waals surface area contributed by atoms with Crippen LogP contribution in [0.25, 0.3) is 10.8 Å². The Hall–Kier alpha value is -3.03. The summed E-state index contributed by atoms with van der Waals surface area (Å²) in [7, 11) is 3.63. The zero-order valence-corrected chi connectivity index (χ0v) is 10.6. The highest BCUT2D eigenvalue weighted by atomic mass is 15.1. The Kier molecular flexibility index (Phi) is 3.06. The zero-order chi connectivity index (χ0) is 14.0. The number of nitrogens with zero attached hydrogens (tertiary/aromatic N) is 4. The molecule has 0 radical (unpaired) electrons. The van der Waals surface area contributed by atoms with Gasteiger partial charge in [0.2, 0.25) is 0 Å². The standard InChI is InChI=1S/C15H10N4/c1-19(2)15-11-6-4-3-5-10(11)12(7-16)13(8-17)14(15)9-18/h3-6H,1-2H3. The van der Waals surface area contributed by atoms with Crippen molar-refractivity contribution in [2.75, 3.05) is 19.0 Å². The number of nitriles is 3. The van der Waals surface area contributed by atoms with Gasteiger partial charge in [-0.05, 0) is 0 Å². The predicted molar refractivity (Wildman–Crippen MR) is 72.4 cm³/mol. The summed E-state index contributed by atoms with van der Waals surface area (Å²) in [5, 5.41) is 29.4. The van der Waals surface area contributed by atoms with Crippen LogP contribution in [0.1, 0.15) is 16.7 Å². The maximum Gasteiger partial charge on any atom is 0.103 e. The molecular weight excluding hydrogens is 236 g/mol. The highest BCUT2D eigenvalue weighted by Crippen LogP contribution is 2.35. The summed E-state index contributed by atoms with van der Waals surface area (Å²) in [5.74, 6) is 0. The molecule has 0 amide bonds. The Morgan fingerprint density at radius 1 is 0.789 bits per heavy atom. The fourth-order valence-electron chi connectivity index (χ4n) is 2.22. The van der Waals surface area contributed by atoms with Gasteiger partial charge in [0.15, 0.2) is 0 Å². The molecule has 0 saturated carbocycles. The predicted octanol–water partition coefficient (Wildman–Crippen LogP) is 2.52. The molecule has 2 aromatic carbocycles. The molecule has 0 aliphatic rings. The Morgan fingerprint density at radius 2 is 1.32 bits per heavy atom. The van der Waals surface area contributed by atoms with Crippen molar-refractivity contribution in [2.45, 2.75) is 0 Å². The van der Waals surface area contributed by atoms with Gasteiger partial charge in [-0.1, -0.05) is 24.3 Å². The summed E-state index contributed by atoms with van der Waals surface area (Å²) in [4.78, 5) is 1.79. The topological polar surface area (TPSA) is 74.6 Å². The molecule has 4 heteroatoms. The minimum atomic E-state index is 0.146. The van der Waals surface area contributed by atoms with Gasteiger partial charge in [-0.2, -0.15) is 15.8 Å². The third-order valence-electron chi connectivity index (χ3n) is 2.97. The molecule has 19 heavy (non-hydrogen) atoms. The summed E-state index contributed by atoms with van der Waals surface area (Å²) in [5.41, 5.74) is 1.34. The zero-order valence-electron chi connectivity index (χ0n) is 10.6. The number of hydrogen-bond acceptors (Lipinski definition) is 4. The van der Waals surface area contributed by atoms with E-state index in [-0.39, 0.29) is 16.7 Å². The molecule has 0 heterocycles. The van der Waals surface area contributed by atoms with Crippen LogP contribution in [0.4, 0.5) is 5.69 Å². The lowest BCUT2D eigenvalue weighted by Crippen LogP contribution is -2.13. The van der Waals surface area contributed by atoms with Gasteiger partial charge < -0.3 is 4.90 Å². The van der Waals surface area contributed by atoms with E-state index in [1.54, 1.807) is 11.0 Å². The van der Waals surface area contributed by atoms with E-state index in [1.165, 1.54) is 0 Å². The van der Waals surface area contributed by atoms with Crippen molar-refractivity contribution in [1.82, 2.24) is 0 Å². The van der Waals surface area contributed by atoms with Crippen molar-refractivity contribution >= 4 is 16.5 Å². The molecule has 4 nitrogen and oxygen atoms in total. The van der Waals surface area contributed by atoms with Crippen LogP contribution in [0.2, 0.25) is 0 Å². The van der Waals surface area contributed by atoms with Gasteiger partial charge in [-0.15, -0.1) is 0 Å². The largest absolute Gasteiger partial charge is 0.376 e. The number of fused-ring (bicyclic) bond motifs is 1. The molecule has 0 unspecified atom stereocenters. The van der Waals surface area contributed by atoms with Crippen LogP contribution in [-0.2, 0) is 0 Å². The minimum absolute atomic E-state index is 0.146. The first kappa shape index (κ1) is 12.4. The molecule has 0 fully saturated rings. The van der Waals surface area contributed by atoms with Gasteiger partial charge in [0.25, 0.3) is 0 Å². The van der Waals surface area contributed by atoms with E-state index in [2.05, 4.69) is 0 Å². The first-order valence-corrected chi connectivity index (χ1v) is 5.62. The van der Waals surface area contributed by atoms with Crippen LogP contribution < -0.4 is 4.90 Å². The SMILES string of the molecule is CN(C)c1c(C#N)c(C#N)c(C#N)c2ccccc12. The maximum atomic E-state index is 9.32. The van der Waals surface area contributed by atoms with Gasteiger partial charge in [0.1, 0.15) is 18.2 Å². The highest BCUT2D eigenvalue weighted by Gasteiger charge is 2.20. The Balaban J connectivity index is 3.15. The summed E-state index contributed by atoms with van der Waals surface area (Å²) < 4.78 is 0. The molecular formula is C15H10N4. The molecule has 0 aliphatic carbocycles. The lowest BCUT2D eigenvalue weighted by molar-refractivity contribution is 1.13. The Bertz CT molecular complexity index is 783. The Labute approximate surface area is 111 Å². The molecule has 0 aliphatic heterocycles. The molecule has 0 atom stereocenters. The van der Waals surface area contributed by atoms with Gasteiger partial charge in [-0.3, -0.25) is 0 Å². The van der Waals surface area contributed by atoms with Gasteiger partial charge in [0, 0.05) is 24.9 Å². The normalized spacial score (nSPS) is 9.42. The fourth-order valence-corrected chi connectivity index (χ4v) is 2.22. The van der Waals surface area contributed by atoms with Crippen LogP contribution in [0, 0.1) is 34.0 Å².